The van der Waals surface area contributed by atoms with Crippen molar-refractivity contribution < 1.29 is 9.30 Å². The maximum atomic E-state index is 6.88. The average Bonchev–Trinajstić information content (AvgIpc) is 4.15. The summed E-state index contributed by atoms with van der Waals surface area (Å²) in [7, 11) is 0. The maximum absolute atomic E-state index is 6.88. The highest BCUT2D eigenvalue weighted by atomic mass is 16.5. The summed E-state index contributed by atoms with van der Waals surface area (Å²) in [6.07, 6.45) is 5.73. The van der Waals surface area contributed by atoms with Crippen molar-refractivity contribution in [3.8, 4) is 40.1 Å². The molecule has 0 N–H and O–H groups in total. The number of ether oxygens (including phenoxy) is 1. The highest BCUT2D eigenvalue weighted by molar-refractivity contribution is 6.13. The van der Waals surface area contributed by atoms with Gasteiger partial charge in [0.05, 0.1) is 55.5 Å². The normalized spacial score (nSPS) is 12.2. The van der Waals surface area contributed by atoms with Gasteiger partial charge in [-0.2, -0.15) is 0 Å². The lowest BCUT2D eigenvalue weighted by atomic mass is 9.88. The molecule has 7 nitrogen and oxygen atoms in total. The van der Waals surface area contributed by atoms with Gasteiger partial charge in [0.25, 0.3) is 6.33 Å². The molecule has 0 saturated heterocycles. The van der Waals surface area contributed by atoms with Crippen LogP contribution < -0.4 is 9.30 Å². The van der Waals surface area contributed by atoms with Crippen molar-refractivity contribution in [1.82, 2.24) is 23.3 Å². The van der Waals surface area contributed by atoms with E-state index >= 15 is 0 Å². The molecular weight excluding hydrogens is 869 g/mol. The van der Waals surface area contributed by atoms with Crippen LogP contribution in [0.15, 0.2) is 225 Å². The molecule has 9 aromatic carbocycles. The van der Waals surface area contributed by atoms with E-state index in [9.17, 15) is 0 Å². The molecule has 5 heterocycles. The lowest BCUT2D eigenvalue weighted by Gasteiger charge is -2.20. The topological polar surface area (TPSA) is 45.7 Å². The summed E-state index contributed by atoms with van der Waals surface area (Å²) in [6, 6.07) is 77.6. The van der Waals surface area contributed by atoms with Crippen LogP contribution in [0.1, 0.15) is 26.3 Å². The minimum Gasteiger partial charge on any atom is -0.458 e. The number of fused-ring (bicyclic) bond motifs is 10. The predicted molar refractivity (Wildman–Crippen MR) is 290 cm³/mol. The second-order valence-electron chi connectivity index (χ2n) is 19.5. The van der Waals surface area contributed by atoms with Crippen molar-refractivity contribution in [2.75, 3.05) is 0 Å². The monoisotopic (exact) mass is 914 g/mol. The third-order valence-corrected chi connectivity index (χ3v) is 14.2. The Hall–Kier alpha value is -9.20. The van der Waals surface area contributed by atoms with Crippen LogP contribution in [-0.4, -0.2) is 23.3 Å². The molecule has 0 radical (unpaired) electrons. The Morgan fingerprint density at radius 2 is 1.03 bits per heavy atom. The Morgan fingerprint density at radius 1 is 0.423 bits per heavy atom. The van der Waals surface area contributed by atoms with Gasteiger partial charge in [-0.05, 0) is 108 Å². The van der Waals surface area contributed by atoms with Gasteiger partial charge in [0, 0.05) is 56.0 Å². The SMILES string of the molecule is CC(C)(C)c1ccnc(-n2c3ccc(-n4c5ccccc5c5ccccc54)cc3c3ccc(Oc4cccc(-n5[c-][n+](-c6cccc7c8ccccc8n(-c8ccccc8)c67)c6ccccc65)c4)cc32)c1. The van der Waals surface area contributed by atoms with E-state index in [0.29, 0.717) is 0 Å². The fraction of sp³-hybridized carbons (Fsp3) is 0.0625. The van der Waals surface area contributed by atoms with Gasteiger partial charge in [-0.1, -0.05) is 136 Å². The van der Waals surface area contributed by atoms with Crippen molar-refractivity contribution in [3.63, 3.8) is 0 Å². The minimum atomic E-state index is -0.0589. The van der Waals surface area contributed by atoms with E-state index in [-0.39, 0.29) is 5.41 Å². The van der Waals surface area contributed by atoms with Crippen LogP contribution in [0, 0.1) is 6.33 Å². The molecular formula is C64H46N6O. The van der Waals surface area contributed by atoms with Crippen LogP contribution >= 0.6 is 0 Å². The first kappa shape index (κ1) is 40.8. The second kappa shape index (κ2) is 15.7. The molecule has 0 saturated carbocycles. The highest BCUT2D eigenvalue weighted by Crippen LogP contribution is 2.40. The number of aromatic nitrogens is 6. The number of pyridine rings is 1. The largest absolute Gasteiger partial charge is 0.458 e. The number of imidazole rings is 1. The summed E-state index contributed by atoms with van der Waals surface area (Å²) in [6.45, 7) is 6.74. The highest BCUT2D eigenvalue weighted by Gasteiger charge is 2.22. The molecule has 0 unspecified atom stereocenters. The van der Waals surface area contributed by atoms with Gasteiger partial charge in [0.15, 0.2) is 0 Å². The zero-order valence-corrected chi connectivity index (χ0v) is 39.5. The fourth-order valence-electron chi connectivity index (χ4n) is 10.9. The number of benzene rings is 9. The zero-order chi connectivity index (χ0) is 47.4. The number of rotatable bonds is 7. The lowest BCUT2D eigenvalue weighted by molar-refractivity contribution is -0.571. The molecule has 14 rings (SSSR count). The average molecular weight is 915 g/mol. The molecule has 0 aliphatic rings. The molecule has 0 amide bonds. The van der Waals surface area contributed by atoms with Crippen LogP contribution in [0.25, 0.3) is 105 Å². The third-order valence-electron chi connectivity index (χ3n) is 14.2. The van der Waals surface area contributed by atoms with E-state index in [1.807, 2.05) is 12.3 Å². The molecule has 338 valence electrons. The Morgan fingerprint density at radius 3 is 1.79 bits per heavy atom. The van der Waals surface area contributed by atoms with Crippen molar-refractivity contribution in [1.29, 1.82) is 0 Å². The van der Waals surface area contributed by atoms with Crippen LogP contribution in [0.2, 0.25) is 0 Å². The fourth-order valence-corrected chi connectivity index (χ4v) is 10.9. The molecule has 0 fully saturated rings. The van der Waals surface area contributed by atoms with Crippen molar-refractivity contribution in [2.45, 2.75) is 26.2 Å². The molecule has 5 aromatic heterocycles. The molecule has 14 aromatic rings. The van der Waals surface area contributed by atoms with Crippen LogP contribution in [0.4, 0.5) is 0 Å². The van der Waals surface area contributed by atoms with Crippen molar-refractivity contribution in [3.05, 3.63) is 236 Å². The van der Waals surface area contributed by atoms with Gasteiger partial charge >= 0.3 is 0 Å². The van der Waals surface area contributed by atoms with Crippen molar-refractivity contribution in [2.24, 2.45) is 0 Å². The Balaban J connectivity index is 0.897. The van der Waals surface area contributed by atoms with Gasteiger partial charge in [0.1, 0.15) is 17.3 Å². The standard InChI is InChI=1S/C64H46N6O/c1-64(2,3)42-35-36-65-62(37-42)70-57-34-31-45(68-54-25-10-7-21-48(54)49-22-8-11-26-55(49)68)39-53(57)51-33-32-47(40-61(51)70)71-46-20-15-19-44(38-46)66-41-67(59-29-14-13-28-58(59)66)60-30-16-24-52-50-23-9-12-27-56(50)69(63(52)60)43-17-5-4-6-18-43/h4-40H,1-3H3. The van der Waals surface area contributed by atoms with Gasteiger partial charge in [-0.3, -0.25) is 13.7 Å². The summed E-state index contributed by atoms with van der Waals surface area (Å²) in [5.41, 5.74) is 14.1. The second-order valence-corrected chi connectivity index (χ2v) is 19.5. The van der Waals surface area contributed by atoms with Gasteiger partial charge in [0.2, 0.25) is 0 Å². The van der Waals surface area contributed by atoms with Gasteiger partial charge in [-0.25, -0.2) is 4.98 Å². The number of nitrogens with zero attached hydrogens (tertiary/aromatic N) is 6. The van der Waals surface area contributed by atoms with E-state index in [0.717, 1.165) is 83.9 Å². The molecule has 71 heavy (non-hydrogen) atoms. The Kier molecular flexibility index (Phi) is 9.01. The van der Waals surface area contributed by atoms with Crippen LogP contribution in [0.5, 0.6) is 11.5 Å². The minimum absolute atomic E-state index is 0.0589. The van der Waals surface area contributed by atoms with E-state index in [1.165, 1.54) is 38.1 Å². The number of hydrogen-bond donors (Lipinski definition) is 0. The van der Waals surface area contributed by atoms with Crippen molar-refractivity contribution >= 4 is 76.5 Å². The summed E-state index contributed by atoms with van der Waals surface area (Å²) in [5, 5.41) is 7.13. The summed E-state index contributed by atoms with van der Waals surface area (Å²) in [4.78, 5) is 5.01. The van der Waals surface area contributed by atoms with E-state index < -0.39 is 0 Å². The quantitative estimate of drug-likeness (QED) is 0.118. The lowest BCUT2D eigenvalue weighted by Crippen LogP contribution is -2.30. The Labute approximate surface area is 409 Å². The first-order valence-corrected chi connectivity index (χ1v) is 24.2. The summed E-state index contributed by atoms with van der Waals surface area (Å²) >= 11 is 0. The molecule has 0 aliphatic heterocycles. The summed E-state index contributed by atoms with van der Waals surface area (Å²) in [5.74, 6) is 2.31. The zero-order valence-electron chi connectivity index (χ0n) is 39.5. The summed E-state index contributed by atoms with van der Waals surface area (Å²) < 4.78 is 18.3. The van der Waals surface area contributed by atoms with Crippen LogP contribution in [0.3, 0.4) is 0 Å². The Bertz CT molecular complexity index is 4370. The van der Waals surface area contributed by atoms with Crippen LogP contribution in [-0.2, 0) is 5.41 Å². The third kappa shape index (κ3) is 6.43. The van der Waals surface area contributed by atoms with E-state index in [1.54, 1.807) is 0 Å². The first-order chi connectivity index (χ1) is 34.9. The number of hydrogen-bond acceptors (Lipinski definition) is 2. The van der Waals surface area contributed by atoms with E-state index in [4.69, 9.17) is 9.72 Å². The number of para-hydroxylation sites is 7. The molecule has 0 spiro atoms. The maximum Gasteiger partial charge on any atom is 0.269 e. The van der Waals surface area contributed by atoms with E-state index in [2.05, 4.69) is 262 Å². The molecule has 0 aliphatic carbocycles. The predicted octanol–water partition coefficient (Wildman–Crippen LogP) is 15.5. The van der Waals surface area contributed by atoms with Gasteiger partial charge in [-0.15, -0.1) is 0 Å². The molecule has 7 heteroatoms. The molecule has 0 atom stereocenters. The van der Waals surface area contributed by atoms with Gasteiger partial charge < -0.3 is 13.9 Å². The molecule has 0 bridgehead atoms. The smallest absolute Gasteiger partial charge is 0.269 e. The first-order valence-electron chi connectivity index (χ1n) is 24.2.